The zero-order valence-electron chi connectivity index (χ0n) is 14.6. The van der Waals surface area contributed by atoms with Crippen molar-refractivity contribution in [2.75, 3.05) is 6.61 Å². The monoisotopic (exact) mass is 357 g/mol. The number of phenols is 1. The summed E-state index contributed by atoms with van der Waals surface area (Å²) >= 11 is 0. The highest BCUT2D eigenvalue weighted by atomic mass is 16.6. The highest BCUT2D eigenvalue weighted by Crippen LogP contribution is 2.26. The van der Waals surface area contributed by atoms with Crippen LogP contribution in [0.4, 0.5) is 5.69 Å². The summed E-state index contributed by atoms with van der Waals surface area (Å²) in [6.45, 7) is 5.59. The summed E-state index contributed by atoms with van der Waals surface area (Å²) in [5, 5.41) is 23.9. The van der Waals surface area contributed by atoms with Gasteiger partial charge in [-0.2, -0.15) is 5.10 Å². The van der Waals surface area contributed by atoms with E-state index in [1.807, 2.05) is 32.9 Å². The smallest absolute Gasteiger partial charge is 0.310 e. The number of benzene rings is 2. The topological polar surface area (TPSA) is 114 Å². The van der Waals surface area contributed by atoms with Crippen LogP contribution >= 0.6 is 0 Å². The zero-order chi connectivity index (χ0) is 19.3. The van der Waals surface area contributed by atoms with Gasteiger partial charge >= 0.3 is 5.69 Å². The largest absolute Gasteiger partial charge is 0.502 e. The Morgan fingerprint density at radius 1 is 1.27 bits per heavy atom. The Balaban J connectivity index is 1.93. The van der Waals surface area contributed by atoms with Gasteiger partial charge in [0.1, 0.15) is 5.75 Å². The number of hydrazone groups is 1. The van der Waals surface area contributed by atoms with Crippen LogP contribution in [0.2, 0.25) is 0 Å². The van der Waals surface area contributed by atoms with Gasteiger partial charge in [-0.05, 0) is 55.2 Å². The van der Waals surface area contributed by atoms with Crippen LogP contribution in [-0.4, -0.2) is 28.8 Å². The van der Waals surface area contributed by atoms with Crippen molar-refractivity contribution in [1.82, 2.24) is 5.43 Å². The summed E-state index contributed by atoms with van der Waals surface area (Å²) in [7, 11) is 0. The van der Waals surface area contributed by atoms with Gasteiger partial charge in [-0.15, -0.1) is 0 Å². The lowest BCUT2D eigenvalue weighted by Crippen LogP contribution is -2.25. The highest BCUT2D eigenvalue weighted by molar-refractivity contribution is 5.84. The number of nitro benzene ring substituents is 1. The molecule has 136 valence electrons. The molecule has 0 aliphatic heterocycles. The fourth-order valence-electron chi connectivity index (χ4n) is 2.27. The number of carbonyl (C=O) groups excluding carboxylic acids is 1. The maximum Gasteiger partial charge on any atom is 0.310 e. The van der Waals surface area contributed by atoms with E-state index in [1.54, 1.807) is 0 Å². The third-order valence-corrected chi connectivity index (χ3v) is 3.82. The van der Waals surface area contributed by atoms with Gasteiger partial charge in [-0.25, -0.2) is 5.43 Å². The maximum atomic E-state index is 11.8. The van der Waals surface area contributed by atoms with Crippen molar-refractivity contribution in [1.29, 1.82) is 0 Å². The number of aryl methyl sites for hydroxylation is 2. The molecule has 0 bridgehead atoms. The van der Waals surface area contributed by atoms with E-state index in [-0.39, 0.29) is 6.61 Å². The van der Waals surface area contributed by atoms with Crippen molar-refractivity contribution >= 4 is 17.8 Å². The number of nitro groups is 1. The molecule has 2 rings (SSSR count). The van der Waals surface area contributed by atoms with Crippen molar-refractivity contribution in [3.63, 3.8) is 0 Å². The normalized spacial score (nSPS) is 10.7. The average molecular weight is 357 g/mol. The minimum Gasteiger partial charge on any atom is -0.502 e. The second kappa shape index (κ2) is 8.11. The molecule has 2 aromatic rings. The van der Waals surface area contributed by atoms with Gasteiger partial charge < -0.3 is 9.84 Å². The molecule has 0 fully saturated rings. The van der Waals surface area contributed by atoms with Crippen LogP contribution in [0.15, 0.2) is 35.4 Å². The van der Waals surface area contributed by atoms with Crippen molar-refractivity contribution in [2.45, 2.75) is 20.8 Å². The second-order valence-corrected chi connectivity index (χ2v) is 5.74. The third kappa shape index (κ3) is 4.56. The predicted molar refractivity (Wildman–Crippen MR) is 96.6 cm³/mol. The second-order valence-electron chi connectivity index (χ2n) is 5.74. The number of nitrogens with zero attached hydrogens (tertiary/aromatic N) is 2. The van der Waals surface area contributed by atoms with Gasteiger partial charge in [-0.1, -0.05) is 12.1 Å². The van der Waals surface area contributed by atoms with Crippen LogP contribution in [0.3, 0.4) is 0 Å². The van der Waals surface area contributed by atoms with E-state index >= 15 is 0 Å². The molecule has 0 saturated heterocycles. The minimum atomic E-state index is -0.690. The van der Waals surface area contributed by atoms with Crippen LogP contribution in [-0.2, 0) is 4.79 Å². The van der Waals surface area contributed by atoms with Crippen molar-refractivity contribution in [3.8, 4) is 11.5 Å². The molecule has 8 heteroatoms. The summed E-state index contributed by atoms with van der Waals surface area (Å²) < 4.78 is 5.57. The lowest BCUT2D eigenvalue weighted by molar-refractivity contribution is -0.385. The van der Waals surface area contributed by atoms with Gasteiger partial charge in [0.2, 0.25) is 0 Å². The van der Waals surface area contributed by atoms with Crippen LogP contribution in [0.25, 0.3) is 0 Å². The molecule has 2 N–H and O–H groups in total. The van der Waals surface area contributed by atoms with Crippen molar-refractivity contribution in [3.05, 3.63) is 62.7 Å². The standard InChI is InChI=1S/C18H19N3O5/c1-11-4-5-12(2)18(13(11)3)26-10-17(23)20-19-9-14-6-7-15(21(24)25)16(22)8-14/h4-9,22H,10H2,1-3H3,(H,20,23)/b19-9-. The quantitative estimate of drug-likeness (QED) is 0.469. The Bertz CT molecular complexity index is 877. The predicted octanol–water partition coefficient (Wildman–Crippen LogP) is 2.75. The maximum absolute atomic E-state index is 11.8. The lowest BCUT2D eigenvalue weighted by atomic mass is 10.1. The number of hydrogen-bond acceptors (Lipinski definition) is 6. The molecule has 0 aliphatic rings. The number of ether oxygens (including phenoxy) is 1. The fourth-order valence-corrected chi connectivity index (χ4v) is 2.27. The molecule has 2 aromatic carbocycles. The first-order valence-electron chi connectivity index (χ1n) is 7.78. The van der Waals surface area contributed by atoms with Crippen LogP contribution in [0.5, 0.6) is 11.5 Å². The van der Waals surface area contributed by atoms with E-state index in [2.05, 4.69) is 10.5 Å². The molecule has 1 amide bonds. The first-order chi connectivity index (χ1) is 12.3. The first kappa shape index (κ1) is 18.9. The van der Waals surface area contributed by atoms with Crippen molar-refractivity contribution in [2.24, 2.45) is 5.10 Å². The Kier molecular flexibility index (Phi) is 5.90. The minimum absolute atomic E-state index is 0.200. The summed E-state index contributed by atoms with van der Waals surface area (Å²) in [6.07, 6.45) is 1.27. The summed E-state index contributed by atoms with van der Waals surface area (Å²) in [5.74, 6) is -0.254. The number of hydrogen-bond donors (Lipinski definition) is 2. The number of amides is 1. The number of nitrogens with one attached hydrogen (secondary N) is 1. The van der Waals surface area contributed by atoms with E-state index in [1.165, 1.54) is 18.3 Å². The van der Waals surface area contributed by atoms with Gasteiger partial charge in [-0.3, -0.25) is 14.9 Å². The Labute approximate surface area is 150 Å². The molecule has 0 spiro atoms. The van der Waals surface area contributed by atoms with E-state index < -0.39 is 22.3 Å². The molecule has 0 aliphatic carbocycles. The summed E-state index contributed by atoms with van der Waals surface area (Å²) in [5.41, 5.74) is 5.29. The molecule has 0 radical (unpaired) electrons. The van der Waals surface area contributed by atoms with Gasteiger partial charge in [0.15, 0.2) is 12.4 Å². The molecule has 0 aromatic heterocycles. The van der Waals surface area contributed by atoms with E-state index in [0.717, 1.165) is 22.8 Å². The molecule has 0 heterocycles. The van der Waals surface area contributed by atoms with Gasteiger partial charge in [0.05, 0.1) is 11.1 Å². The number of aromatic hydroxyl groups is 1. The number of phenolic OH excluding ortho intramolecular Hbond substituents is 1. The summed E-state index contributed by atoms with van der Waals surface area (Å²) in [4.78, 5) is 21.8. The summed E-state index contributed by atoms with van der Waals surface area (Å²) in [6, 6.07) is 7.66. The highest BCUT2D eigenvalue weighted by Gasteiger charge is 2.12. The molecular formula is C18H19N3O5. The van der Waals surface area contributed by atoms with Crippen LogP contribution in [0, 0.1) is 30.9 Å². The Morgan fingerprint density at radius 3 is 2.62 bits per heavy atom. The molecule has 0 saturated carbocycles. The van der Waals surface area contributed by atoms with E-state index in [9.17, 15) is 20.0 Å². The van der Waals surface area contributed by atoms with E-state index in [0.29, 0.717) is 11.3 Å². The lowest BCUT2D eigenvalue weighted by Gasteiger charge is -2.13. The van der Waals surface area contributed by atoms with Crippen LogP contribution < -0.4 is 10.2 Å². The Morgan fingerprint density at radius 2 is 1.96 bits per heavy atom. The fraction of sp³-hybridized carbons (Fsp3) is 0.222. The SMILES string of the molecule is Cc1ccc(C)c(OCC(=O)N/N=C\c2ccc([N+](=O)[O-])c(O)c2)c1C. The average Bonchev–Trinajstić information content (AvgIpc) is 2.58. The number of carbonyl (C=O) groups is 1. The Hall–Kier alpha value is -3.42. The first-order valence-corrected chi connectivity index (χ1v) is 7.78. The van der Waals surface area contributed by atoms with E-state index in [4.69, 9.17) is 4.74 Å². The van der Waals surface area contributed by atoms with Crippen LogP contribution in [0.1, 0.15) is 22.3 Å². The van der Waals surface area contributed by atoms with Gasteiger partial charge in [0, 0.05) is 6.07 Å². The molecule has 0 atom stereocenters. The number of rotatable bonds is 6. The van der Waals surface area contributed by atoms with Crippen molar-refractivity contribution < 1.29 is 19.6 Å². The molecule has 0 unspecified atom stereocenters. The molecule has 26 heavy (non-hydrogen) atoms. The van der Waals surface area contributed by atoms with Gasteiger partial charge in [0.25, 0.3) is 5.91 Å². The molecule has 8 nitrogen and oxygen atoms in total. The molecular weight excluding hydrogens is 338 g/mol. The third-order valence-electron chi connectivity index (χ3n) is 3.82. The zero-order valence-corrected chi connectivity index (χ0v) is 14.6.